The monoisotopic (exact) mass is 237 g/mol. The fourth-order valence-corrected chi connectivity index (χ4v) is 3.37. The molecule has 0 saturated heterocycles. The number of rotatable bonds is 3. The highest BCUT2D eigenvalue weighted by Gasteiger charge is 2.54. The van der Waals surface area contributed by atoms with E-state index in [4.69, 9.17) is 0 Å². The summed E-state index contributed by atoms with van der Waals surface area (Å²) in [4.78, 5) is 8.31. The van der Waals surface area contributed by atoms with Gasteiger partial charge in [-0.3, -0.25) is 4.98 Å². The van der Waals surface area contributed by atoms with E-state index in [0.29, 0.717) is 0 Å². The fourth-order valence-electron chi connectivity index (χ4n) is 3.37. The maximum atomic E-state index is 4.24. The molecule has 3 atom stereocenters. The molecule has 0 amide bonds. The van der Waals surface area contributed by atoms with Gasteiger partial charge in [0.2, 0.25) is 0 Å². The van der Waals surface area contributed by atoms with Gasteiger partial charge in [-0.1, -0.05) is 24.3 Å². The number of nitrogens with one attached hydrogen (secondary N) is 1. The van der Waals surface area contributed by atoms with Crippen molar-refractivity contribution in [3.8, 4) is 0 Å². The highest BCUT2D eigenvalue weighted by atomic mass is 15.0. The van der Waals surface area contributed by atoms with E-state index in [-0.39, 0.29) is 0 Å². The van der Waals surface area contributed by atoms with Crippen LogP contribution in [0.5, 0.6) is 0 Å². The van der Waals surface area contributed by atoms with Crippen LogP contribution in [0.3, 0.4) is 0 Å². The second kappa shape index (κ2) is 3.80. The molecule has 3 nitrogen and oxygen atoms in total. The standard InChI is InChI=1S/C15H15N3/c1-2-4-11-10(3-1)7-12-13(15(11)12)8-18-14-9-16-5-6-17-14/h1-6,9,12-13,15H,7-8H2,(H,17,18)/t12-,13+,15-/m1/s1. The van der Waals surface area contributed by atoms with E-state index in [9.17, 15) is 0 Å². The summed E-state index contributed by atoms with van der Waals surface area (Å²) in [5.41, 5.74) is 3.14. The molecule has 1 fully saturated rings. The van der Waals surface area contributed by atoms with Gasteiger partial charge in [0, 0.05) is 18.9 Å². The Labute approximate surface area is 106 Å². The van der Waals surface area contributed by atoms with Crippen LogP contribution in [0, 0.1) is 11.8 Å². The first-order valence-corrected chi connectivity index (χ1v) is 6.51. The van der Waals surface area contributed by atoms with Crippen molar-refractivity contribution in [1.82, 2.24) is 9.97 Å². The molecule has 18 heavy (non-hydrogen) atoms. The lowest BCUT2D eigenvalue weighted by atomic mass is 10.0. The van der Waals surface area contributed by atoms with Crippen LogP contribution in [0.1, 0.15) is 17.0 Å². The maximum absolute atomic E-state index is 4.24. The van der Waals surface area contributed by atoms with Crippen molar-refractivity contribution in [1.29, 1.82) is 0 Å². The minimum absolute atomic E-state index is 0.780. The van der Waals surface area contributed by atoms with E-state index in [1.54, 1.807) is 29.7 Å². The molecular formula is C15H15N3. The van der Waals surface area contributed by atoms with Crippen molar-refractivity contribution in [3.63, 3.8) is 0 Å². The van der Waals surface area contributed by atoms with E-state index >= 15 is 0 Å². The third kappa shape index (κ3) is 1.50. The molecule has 1 aromatic heterocycles. The third-order valence-electron chi connectivity index (χ3n) is 4.28. The summed E-state index contributed by atoms with van der Waals surface area (Å²) in [5.74, 6) is 3.30. The molecule has 2 aliphatic rings. The summed E-state index contributed by atoms with van der Waals surface area (Å²) in [6.45, 7) is 1.02. The predicted octanol–water partition coefficient (Wildman–Crippen LogP) is 2.47. The molecule has 0 unspecified atom stereocenters. The summed E-state index contributed by atoms with van der Waals surface area (Å²) in [6, 6.07) is 8.88. The van der Waals surface area contributed by atoms with Gasteiger partial charge in [0.05, 0.1) is 6.20 Å². The first kappa shape index (κ1) is 10.1. The predicted molar refractivity (Wildman–Crippen MR) is 70.4 cm³/mol. The lowest BCUT2D eigenvalue weighted by Gasteiger charge is -2.08. The first-order valence-electron chi connectivity index (χ1n) is 6.51. The topological polar surface area (TPSA) is 37.8 Å². The number of anilines is 1. The second-order valence-electron chi connectivity index (χ2n) is 5.23. The molecule has 1 aromatic carbocycles. The normalized spacial score (nSPS) is 27.4. The van der Waals surface area contributed by atoms with Crippen LogP contribution in [-0.4, -0.2) is 16.5 Å². The van der Waals surface area contributed by atoms with Crippen molar-refractivity contribution in [2.45, 2.75) is 12.3 Å². The van der Waals surface area contributed by atoms with Gasteiger partial charge >= 0.3 is 0 Å². The van der Waals surface area contributed by atoms with E-state index < -0.39 is 0 Å². The van der Waals surface area contributed by atoms with Gasteiger partial charge in [-0.25, -0.2) is 4.98 Å². The molecule has 2 aromatic rings. The smallest absolute Gasteiger partial charge is 0.144 e. The molecule has 1 saturated carbocycles. The molecule has 2 aliphatic carbocycles. The maximum Gasteiger partial charge on any atom is 0.144 e. The molecule has 0 spiro atoms. The van der Waals surface area contributed by atoms with Gasteiger partial charge in [0.15, 0.2) is 0 Å². The largest absolute Gasteiger partial charge is 0.368 e. The average Bonchev–Trinajstić information content (AvgIpc) is 2.97. The van der Waals surface area contributed by atoms with Gasteiger partial charge in [0.25, 0.3) is 0 Å². The molecule has 90 valence electrons. The number of aromatic nitrogens is 2. The molecule has 3 heteroatoms. The van der Waals surface area contributed by atoms with Crippen molar-refractivity contribution in [2.24, 2.45) is 11.8 Å². The Morgan fingerprint density at radius 2 is 2.17 bits per heavy atom. The number of hydrogen-bond donors (Lipinski definition) is 1. The Hall–Kier alpha value is -1.90. The Morgan fingerprint density at radius 3 is 3.06 bits per heavy atom. The van der Waals surface area contributed by atoms with E-state index in [0.717, 1.165) is 30.1 Å². The van der Waals surface area contributed by atoms with Gasteiger partial charge in [-0.05, 0) is 35.3 Å². The summed E-state index contributed by atoms with van der Waals surface area (Å²) >= 11 is 0. The van der Waals surface area contributed by atoms with Crippen molar-refractivity contribution >= 4 is 5.82 Å². The highest BCUT2D eigenvalue weighted by Crippen LogP contribution is 2.61. The first-order chi connectivity index (χ1) is 8.93. The number of fused-ring (bicyclic) bond motifs is 3. The van der Waals surface area contributed by atoms with Gasteiger partial charge in [0.1, 0.15) is 5.82 Å². The molecule has 0 bridgehead atoms. The molecular weight excluding hydrogens is 222 g/mol. The van der Waals surface area contributed by atoms with Crippen LogP contribution in [0.15, 0.2) is 42.9 Å². The SMILES string of the molecule is c1ccc2c(c1)C[C@@H]1[C@H](CNc3cnccn3)[C@H]21. The zero-order valence-electron chi connectivity index (χ0n) is 10.1. The van der Waals surface area contributed by atoms with Gasteiger partial charge in [-0.15, -0.1) is 0 Å². The highest BCUT2D eigenvalue weighted by molar-refractivity contribution is 5.44. The summed E-state index contributed by atoms with van der Waals surface area (Å²) in [7, 11) is 0. The van der Waals surface area contributed by atoms with E-state index in [2.05, 4.69) is 39.6 Å². The van der Waals surface area contributed by atoms with Gasteiger partial charge in [-0.2, -0.15) is 0 Å². The van der Waals surface area contributed by atoms with Gasteiger partial charge < -0.3 is 5.32 Å². The number of hydrogen-bond acceptors (Lipinski definition) is 3. The van der Waals surface area contributed by atoms with Crippen molar-refractivity contribution < 1.29 is 0 Å². The number of nitrogens with zero attached hydrogens (tertiary/aromatic N) is 2. The Kier molecular flexibility index (Phi) is 2.13. The fraction of sp³-hybridized carbons (Fsp3) is 0.333. The van der Waals surface area contributed by atoms with Crippen LogP contribution < -0.4 is 5.32 Å². The second-order valence-corrected chi connectivity index (χ2v) is 5.23. The Morgan fingerprint density at radius 1 is 1.22 bits per heavy atom. The van der Waals surface area contributed by atoms with Crippen molar-refractivity contribution in [2.75, 3.05) is 11.9 Å². The third-order valence-corrected chi connectivity index (χ3v) is 4.28. The average molecular weight is 237 g/mol. The van der Waals surface area contributed by atoms with Crippen LogP contribution in [0.2, 0.25) is 0 Å². The number of benzene rings is 1. The summed E-state index contributed by atoms with van der Waals surface area (Å²) < 4.78 is 0. The summed E-state index contributed by atoms with van der Waals surface area (Å²) in [5, 5.41) is 3.39. The minimum Gasteiger partial charge on any atom is -0.368 e. The quantitative estimate of drug-likeness (QED) is 0.891. The lowest BCUT2D eigenvalue weighted by Crippen LogP contribution is -2.09. The van der Waals surface area contributed by atoms with Crippen molar-refractivity contribution in [3.05, 3.63) is 54.0 Å². The zero-order chi connectivity index (χ0) is 11.9. The van der Waals surface area contributed by atoms with Crippen LogP contribution in [0.25, 0.3) is 0 Å². The van der Waals surface area contributed by atoms with Crippen LogP contribution in [-0.2, 0) is 6.42 Å². The van der Waals surface area contributed by atoms with Crippen LogP contribution >= 0.6 is 0 Å². The minimum atomic E-state index is 0.780. The molecule has 1 heterocycles. The Bertz CT molecular complexity index is 567. The Balaban J connectivity index is 1.43. The van der Waals surface area contributed by atoms with E-state index in [1.807, 2.05) is 0 Å². The molecule has 0 radical (unpaired) electrons. The summed E-state index contributed by atoms with van der Waals surface area (Å²) in [6.07, 6.45) is 6.47. The molecule has 4 rings (SSSR count). The lowest BCUT2D eigenvalue weighted by molar-refractivity contribution is 0.718. The zero-order valence-corrected chi connectivity index (χ0v) is 10.1. The van der Waals surface area contributed by atoms with Crippen LogP contribution in [0.4, 0.5) is 5.82 Å². The van der Waals surface area contributed by atoms with E-state index in [1.165, 1.54) is 6.42 Å². The molecule has 0 aliphatic heterocycles. The molecule has 1 N–H and O–H groups in total.